The van der Waals surface area contributed by atoms with E-state index < -0.39 is 0 Å². The quantitative estimate of drug-likeness (QED) is 0.341. The maximum atomic E-state index is 13.4. The van der Waals surface area contributed by atoms with Gasteiger partial charge in [-0.1, -0.05) is 25.0 Å². The Morgan fingerprint density at radius 3 is 2.00 bits per heavy atom. The van der Waals surface area contributed by atoms with Gasteiger partial charge in [0.25, 0.3) is 0 Å². The van der Waals surface area contributed by atoms with Crippen molar-refractivity contribution in [3.8, 4) is 0 Å². The second-order valence-electron chi connectivity index (χ2n) is 13.0. The molecular formula is C33H44N2O6. The van der Waals surface area contributed by atoms with Gasteiger partial charge in [0.1, 0.15) is 18.7 Å². The van der Waals surface area contributed by atoms with Crippen molar-refractivity contribution < 1.29 is 28.7 Å². The molecule has 2 unspecified atom stereocenters. The fourth-order valence-corrected chi connectivity index (χ4v) is 8.37. The molecule has 3 aliphatic carbocycles. The maximum Gasteiger partial charge on any atom is 0.323 e. The Hall–Kier alpha value is -2.58. The van der Waals surface area contributed by atoms with Crippen LogP contribution in [0, 0.1) is 5.92 Å². The number of benzene rings is 1. The highest BCUT2D eigenvalue weighted by Gasteiger charge is 2.45. The highest BCUT2D eigenvalue weighted by molar-refractivity contribution is 6.00. The molecule has 0 amide bonds. The van der Waals surface area contributed by atoms with Gasteiger partial charge in [0, 0.05) is 11.5 Å². The van der Waals surface area contributed by atoms with Crippen molar-refractivity contribution in [1.29, 1.82) is 0 Å². The second kappa shape index (κ2) is 12.3. The largest absolute Gasteiger partial charge is 0.457 e. The van der Waals surface area contributed by atoms with Gasteiger partial charge >= 0.3 is 11.9 Å². The minimum absolute atomic E-state index is 0.0376. The number of ether oxygens (including phenoxy) is 2. The third kappa shape index (κ3) is 5.87. The molecule has 8 heteroatoms. The third-order valence-electron chi connectivity index (χ3n) is 10.6. The molecule has 6 rings (SSSR count). The SMILES string of the molecule is O=C(COC(=O)C1CCCN1)c1ccc(C2CCC(C(=O)COC(=O)C3CCCN3)CC2)c2c1CCC21CCCC1. The molecule has 2 aliphatic heterocycles. The number of esters is 2. The van der Waals surface area contributed by atoms with E-state index in [0.717, 1.165) is 82.9 Å². The van der Waals surface area contributed by atoms with Gasteiger partial charge < -0.3 is 20.1 Å². The minimum Gasteiger partial charge on any atom is -0.457 e. The molecule has 2 saturated carbocycles. The standard InChI is InChI=1S/C33H44N2O6/c36-28(19-40-31(38)26-5-3-17-34-26)22-9-7-21(8-10-22)23-11-12-24(25-13-16-33(30(23)25)14-1-2-15-33)29(37)20-41-32(39)27-6-4-18-35-27/h11-12,21-22,26-27,34-35H,1-10,13-20H2. The van der Waals surface area contributed by atoms with Crippen molar-refractivity contribution in [3.05, 3.63) is 34.4 Å². The summed E-state index contributed by atoms with van der Waals surface area (Å²) in [5.41, 5.74) is 4.82. The van der Waals surface area contributed by atoms with Gasteiger partial charge in [-0.25, -0.2) is 0 Å². The molecule has 0 aromatic heterocycles. The van der Waals surface area contributed by atoms with Crippen molar-refractivity contribution >= 4 is 23.5 Å². The Balaban J connectivity index is 1.12. The molecule has 1 spiro atoms. The van der Waals surface area contributed by atoms with Crippen LogP contribution in [-0.2, 0) is 35.7 Å². The predicted octanol–water partition coefficient (Wildman–Crippen LogP) is 4.06. The van der Waals surface area contributed by atoms with Crippen LogP contribution in [0.15, 0.2) is 12.1 Å². The summed E-state index contributed by atoms with van der Waals surface area (Å²) in [4.78, 5) is 50.9. The van der Waals surface area contributed by atoms with Crippen LogP contribution >= 0.6 is 0 Å². The number of ketones is 2. The summed E-state index contributed by atoms with van der Waals surface area (Å²) in [7, 11) is 0. The van der Waals surface area contributed by atoms with Gasteiger partial charge in [-0.3, -0.25) is 19.2 Å². The second-order valence-corrected chi connectivity index (χ2v) is 13.0. The van der Waals surface area contributed by atoms with Crippen LogP contribution < -0.4 is 10.6 Å². The Morgan fingerprint density at radius 1 is 0.756 bits per heavy atom. The average molecular weight is 565 g/mol. The number of rotatable bonds is 9. The zero-order valence-corrected chi connectivity index (χ0v) is 24.1. The maximum absolute atomic E-state index is 13.4. The first-order chi connectivity index (χ1) is 19.9. The molecule has 1 aromatic rings. The molecule has 2 heterocycles. The summed E-state index contributed by atoms with van der Waals surface area (Å²) in [6.07, 6.45) is 13.7. The van der Waals surface area contributed by atoms with Crippen LogP contribution in [0.4, 0.5) is 0 Å². The molecular weight excluding hydrogens is 520 g/mol. The molecule has 0 radical (unpaired) electrons. The lowest BCUT2D eigenvalue weighted by Gasteiger charge is -2.34. The lowest BCUT2D eigenvalue weighted by Crippen LogP contribution is -2.34. The summed E-state index contributed by atoms with van der Waals surface area (Å²) in [6.45, 7) is 1.31. The molecule has 2 atom stereocenters. The molecule has 41 heavy (non-hydrogen) atoms. The van der Waals surface area contributed by atoms with Crippen molar-refractivity contribution in [2.45, 2.75) is 113 Å². The molecule has 0 bridgehead atoms. The Morgan fingerprint density at radius 2 is 1.39 bits per heavy atom. The van der Waals surface area contributed by atoms with E-state index >= 15 is 0 Å². The van der Waals surface area contributed by atoms with Crippen LogP contribution in [0.1, 0.15) is 116 Å². The van der Waals surface area contributed by atoms with Crippen molar-refractivity contribution in [2.75, 3.05) is 26.3 Å². The molecule has 2 N–H and O–H groups in total. The monoisotopic (exact) mass is 564 g/mol. The van der Waals surface area contributed by atoms with E-state index in [0.29, 0.717) is 5.92 Å². The summed E-state index contributed by atoms with van der Waals surface area (Å²) < 4.78 is 10.8. The van der Waals surface area contributed by atoms with Crippen molar-refractivity contribution in [3.63, 3.8) is 0 Å². The summed E-state index contributed by atoms with van der Waals surface area (Å²) in [6, 6.07) is 3.58. The molecule has 2 saturated heterocycles. The van der Waals surface area contributed by atoms with Crippen molar-refractivity contribution in [2.24, 2.45) is 5.92 Å². The first kappa shape index (κ1) is 28.5. The Labute approximate surface area is 242 Å². The van der Waals surface area contributed by atoms with E-state index in [1.165, 1.54) is 42.4 Å². The third-order valence-corrected chi connectivity index (χ3v) is 10.6. The molecule has 5 aliphatic rings. The number of nitrogens with one attached hydrogen (secondary N) is 2. The topological polar surface area (TPSA) is 111 Å². The fraction of sp³-hybridized carbons (Fsp3) is 0.697. The highest BCUT2D eigenvalue weighted by atomic mass is 16.5. The summed E-state index contributed by atoms with van der Waals surface area (Å²) in [5.74, 6) is -0.395. The Bertz CT molecular complexity index is 1170. The van der Waals surface area contributed by atoms with Gasteiger partial charge in [0.05, 0.1) is 0 Å². The van der Waals surface area contributed by atoms with Crippen LogP contribution in [0.3, 0.4) is 0 Å². The van der Waals surface area contributed by atoms with Crippen LogP contribution in [0.2, 0.25) is 0 Å². The lowest BCUT2D eigenvalue weighted by atomic mass is 9.70. The zero-order chi connectivity index (χ0) is 28.4. The van der Waals surface area contributed by atoms with Gasteiger partial charge in [-0.05, 0) is 118 Å². The number of hydrogen-bond acceptors (Lipinski definition) is 8. The number of hydrogen-bond donors (Lipinski definition) is 2. The zero-order valence-electron chi connectivity index (χ0n) is 24.1. The first-order valence-corrected chi connectivity index (χ1v) is 16.0. The van der Waals surface area contributed by atoms with E-state index in [4.69, 9.17) is 9.47 Å². The lowest BCUT2D eigenvalue weighted by molar-refractivity contribution is -0.151. The predicted molar refractivity (Wildman–Crippen MR) is 153 cm³/mol. The van der Waals surface area contributed by atoms with Gasteiger partial charge in [-0.2, -0.15) is 0 Å². The van der Waals surface area contributed by atoms with E-state index in [9.17, 15) is 19.2 Å². The van der Waals surface area contributed by atoms with Crippen LogP contribution in [-0.4, -0.2) is 61.9 Å². The summed E-state index contributed by atoms with van der Waals surface area (Å²) >= 11 is 0. The normalized spacial score (nSPS) is 28.5. The van der Waals surface area contributed by atoms with Gasteiger partial charge in [0.2, 0.25) is 5.78 Å². The van der Waals surface area contributed by atoms with Gasteiger partial charge in [-0.15, -0.1) is 0 Å². The molecule has 4 fully saturated rings. The number of Topliss-reactive ketones (excluding diaryl/α,β-unsaturated/α-hetero) is 2. The first-order valence-electron chi connectivity index (χ1n) is 16.0. The summed E-state index contributed by atoms with van der Waals surface area (Å²) in [5, 5.41) is 6.27. The van der Waals surface area contributed by atoms with Crippen LogP contribution in [0.5, 0.6) is 0 Å². The number of fused-ring (bicyclic) bond motifs is 2. The van der Waals surface area contributed by atoms with E-state index in [2.05, 4.69) is 16.7 Å². The van der Waals surface area contributed by atoms with Gasteiger partial charge in [0.15, 0.2) is 12.4 Å². The molecule has 1 aromatic carbocycles. The Kier molecular flexibility index (Phi) is 8.59. The van der Waals surface area contributed by atoms with Crippen LogP contribution in [0.25, 0.3) is 0 Å². The molecule has 222 valence electrons. The van der Waals surface area contributed by atoms with E-state index in [1.54, 1.807) is 0 Å². The minimum atomic E-state index is -0.326. The average Bonchev–Trinajstić information content (AvgIpc) is 3.83. The van der Waals surface area contributed by atoms with Crippen molar-refractivity contribution in [1.82, 2.24) is 10.6 Å². The molecule has 8 nitrogen and oxygen atoms in total. The number of carbonyl (C=O) groups is 4. The smallest absolute Gasteiger partial charge is 0.323 e. The van der Waals surface area contributed by atoms with E-state index in [-0.39, 0.29) is 60.1 Å². The highest BCUT2D eigenvalue weighted by Crippen LogP contribution is 2.54. The fourth-order valence-electron chi connectivity index (χ4n) is 8.37. The number of carbonyl (C=O) groups excluding carboxylic acids is 4. The van der Waals surface area contributed by atoms with E-state index in [1.807, 2.05) is 6.07 Å².